The minimum Gasteiger partial charge on any atom is -0.148 e. The highest BCUT2D eigenvalue weighted by molar-refractivity contribution is 9.09. The summed E-state index contributed by atoms with van der Waals surface area (Å²) in [6.45, 7) is 7.18. The fraction of sp³-hybridized carbons (Fsp3) is 0.733. The number of rotatable bonds is 2. The topological polar surface area (TPSA) is 0 Å². The summed E-state index contributed by atoms with van der Waals surface area (Å²) < 4.78 is 0. The summed E-state index contributed by atoms with van der Waals surface area (Å²) in [6.07, 6.45) is 5.58. The van der Waals surface area contributed by atoms with Crippen molar-refractivity contribution in [1.29, 1.82) is 0 Å². The van der Waals surface area contributed by atoms with E-state index in [-0.39, 0.29) is 0 Å². The maximum absolute atomic E-state index is 3.91. The Bertz CT molecular complexity index is 328. The first kappa shape index (κ1) is 13.6. The van der Waals surface area contributed by atoms with E-state index in [1.165, 1.54) is 30.6 Å². The average molecular weight is 315 g/mol. The highest BCUT2D eigenvalue weighted by Gasteiger charge is 2.32. The maximum Gasteiger partial charge on any atom is 0.0517 e. The van der Waals surface area contributed by atoms with Gasteiger partial charge in [-0.1, -0.05) is 42.8 Å². The largest absolute Gasteiger partial charge is 0.148 e. The molecule has 1 aromatic rings. The Hall–Kier alpha value is 0.180. The zero-order valence-corrected chi connectivity index (χ0v) is 13.5. The van der Waals surface area contributed by atoms with Gasteiger partial charge in [0.1, 0.15) is 0 Å². The van der Waals surface area contributed by atoms with Crippen molar-refractivity contribution in [1.82, 2.24) is 0 Å². The third-order valence-electron chi connectivity index (χ3n) is 4.23. The molecule has 0 N–H and O–H groups in total. The van der Waals surface area contributed by atoms with Gasteiger partial charge in [-0.05, 0) is 54.4 Å². The Labute approximate surface area is 118 Å². The first-order valence-corrected chi connectivity index (χ1v) is 8.45. The summed E-state index contributed by atoms with van der Waals surface area (Å²) in [5.41, 5.74) is 0.496. The first-order chi connectivity index (χ1) is 7.98. The van der Waals surface area contributed by atoms with Crippen LogP contribution in [-0.4, -0.2) is 0 Å². The molecular formula is C15H23BrS. The fourth-order valence-electron chi connectivity index (χ4n) is 2.96. The molecule has 1 aliphatic rings. The molecule has 0 aromatic carbocycles. The van der Waals surface area contributed by atoms with E-state index in [9.17, 15) is 0 Å². The van der Waals surface area contributed by atoms with Crippen LogP contribution in [0.25, 0.3) is 0 Å². The Kier molecular flexibility index (Phi) is 4.35. The Morgan fingerprint density at radius 1 is 1.24 bits per heavy atom. The van der Waals surface area contributed by atoms with E-state index in [0.717, 1.165) is 11.8 Å². The highest BCUT2D eigenvalue weighted by Crippen LogP contribution is 2.46. The Morgan fingerprint density at radius 3 is 2.35 bits per heavy atom. The van der Waals surface area contributed by atoms with Gasteiger partial charge < -0.3 is 0 Å². The van der Waals surface area contributed by atoms with Crippen LogP contribution >= 0.6 is 27.3 Å². The molecule has 2 rings (SSSR count). The second-order valence-corrected chi connectivity index (χ2v) is 8.36. The lowest BCUT2D eigenvalue weighted by molar-refractivity contribution is 0.150. The molecule has 0 amide bonds. The summed E-state index contributed by atoms with van der Waals surface area (Å²) in [5, 5.41) is 2.18. The van der Waals surface area contributed by atoms with Crippen molar-refractivity contribution in [3.8, 4) is 0 Å². The third kappa shape index (κ3) is 3.35. The Balaban J connectivity index is 1.91. The number of halogens is 1. The lowest BCUT2D eigenvalue weighted by Gasteiger charge is -2.38. The second-order valence-electron chi connectivity index (χ2n) is 6.39. The molecule has 96 valence electrons. The minimum absolute atomic E-state index is 0.496. The fourth-order valence-corrected chi connectivity index (χ4v) is 4.76. The summed E-state index contributed by atoms with van der Waals surface area (Å²) >= 11 is 5.79. The molecule has 0 radical (unpaired) electrons. The summed E-state index contributed by atoms with van der Waals surface area (Å²) in [7, 11) is 0. The molecule has 1 fully saturated rings. The van der Waals surface area contributed by atoms with Crippen molar-refractivity contribution in [2.75, 3.05) is 0 Å². The van der Waals surface area contributed by atoms with Gasteiger partial charge in [-0.15, -0.1) is 11.3 Å². The number of hydrogen-bond donors (Lipinski definition) is 0. The highest BCUT2D eigenvalue weighted by atomic mass is 79.9. The smallest absolute Gasteiger partial charge is 0.0517 e. The van der Waals surface area contributed by atoms with Crippen LogP contribution in [0.2, 0.25) is 0 Å². The van der Waals surface area contributed by atoms with Crippen molar-refractivity contribution in [3.63, 3.8) is 0 Å². The number of hydrogen-bond acceptors (Lipinski definition) is 1. The number of thiophene rings is 1. The van der Waals surface area contributed by atoms with Gasteiger partial charge in [0.2, 0.25) is 0 Å². The van der Waals surface area contributed by atoms with Gasteiger partial charge in [-0.25, -0.2) is 0 Å². The van der Waals surface area contributed by atoms with Crippen LogP contribution in [0.5, 0.6) is 0 Å². The molecule has 0 saturated heterocycles. The molecule has 0 aliphatic heterocycles. The van der Waals surface area contributed by atoms with E-state index in [4.69, 9.17) is 0 Å². The van der Waals surface area contributed by atoms with E-state index < -0.39 is 0 Å². The summed E-state index contributed by atoms with van der Waals surface area (Å²) in [5.74, 6) is 1.76. The lowest BCUT2D eigenvalue weighted by Crippen LogP contribution is -2.26. The van der Waals surface area contributed by atoms with Gasteiger partial charge in [-0.3, -0.25) is 0 Å². The van der Waals surface area contributed by atoms with E-state index in [1.54, 1.807) is 0 Å². The maximum atomic E-state index is 3.91. The molecule has 0 nitrogen and oxygen atoms in total. The zero-order chi connectivity index (χ0) is 12.5. The SMILES string of the molecule is CC(C)(C)C1CCC(C(Br)c2cccs2)CC1. The molecule has 1 aliphatic carbocycles. The predicted molar refractivity (Wildman–Crippen MR) is 80.9 cm³/mol. The summed E-state index contributed by atoms with van der Waals surface area (Å²) in [4.78, 5) is 2.09. The van der Waals surface area contributed by atoms with Crippen molar-refractivity contribution < 1.29 is 0 Å². The summed E-state index contributed by atoms with van der Waals surface area (Å²) in [6, 6.07) is 4.43. The predicted octanol–water partition coefficient (Wildman–Crippen LogP) is 6.04. The van der Waals surface area contributed by atoms with E-state index in [2.05, 4.69) is 54.2 Å². The van der Waals surface area contributed by atoms with Crippen LogP contribution < -0.4 is 0 Å². The van der Waals surface area contributed by atoms with E-state index in [1.807, 2.05) is 11.3 Å². The van der Waals surface area contributed by atoms with Gasteiger partial charge in [0.15, 0.2) is 0 Å². The van der Waals surface area contributed by atoms with Crippen molar-refractivity contribution >= 4 is 27.3 Å². The molecule has 1 heterocycles. The zero-order valence-electron chi connectivity index (χ0n) is 11.1. The van der Waals surface area contributed by atoms with Crippen molar-refractivity contribution in [2.45, 2.75) is 51.3 Å². The van der Waals surface area contributed by atoms with Crippen molar-refractivity contribution in [2.24, 2.45) is 17.3 Å². The molecule has 1 unspecified atom stereocenters. The second kappa shape index (κ2) is 5.44. The standard InChI is InChI=1S/C15H23BrS/c1-15(2,3)12-8-6-11(7-9-12)14(16)13-5-4-10-17-13/h4-5,10-12,14H,6-9H2,1-3H3. The van der Waals surface area contributed by atoms with Crippen LogP contribution in [0, 0.1) is 17.3 Å². The molecule has 17 heavy (non-hydrogen) atoms. The third-order valence-corrected chi connectivity index (χ3v) is 6.72. The molecule has 0 bridgehead atoms. The van der Waals surface area contributed by atoms with Crippen LogP contribution in [-0.2, 0) is 0 Å². The molecule has 2 heteroatoms. The van der Waals surface area contributed by atoms with Gasteiger partial charge >= 0.3 is 0 Å². The molecule has 0 spiro atoms. The Morgan fingerprint density at radius 2 is 1.88 bits per heavy atom. The molecule has 1 saturated carbocycles. The minimum atomic E-state index is 0.496. The van der Waals surface area contributed by atoms with Crippen LogP contribution in [0.15, 0.2) is 17.5 Å². The van der Waals surface area contributed by atoms with Crippen LogP contribution in [0.4, 0.5) is 0 Å². The van der Waals surface area contributed by atoms with Crippen LogP contribution in [0.1, 0.15) is 56.2 Å². The van der Waals surface area contributed by atoms with E-state index in [0.29, 0.717) is 10.2 Å². The molecule has 1 aromatic heterocycles. The average Bonchev–Trinajstić information content (AvgIpc) is 2.80. The van der Waals surface area contributed by atoms with Crippen molar-refractivity contribution in [3.05, 3.63) is 22.4 Å². The van der Waals surface area contributed by atoms with Gasteiger partial charge in [0.25, 0.3) is 0 Å². The van der Waals surface area contributed by atoms with Gasteiger partial charge in [0, 0.05) is 4.88 Å². The quantitative estimate of drug-likeness (QED) is 0.584. The molecule has 1 atom stereocenters. The lowest BCUT2D eigenvalue weighted by atomic mass is 9.69. The monoisotopic (exact) mass is 314 g/mol. The van der Waals surface area contributed by atoms with Crippen LogP contribution in [0.3, 0.4) is 0 Å². The van der Waals surface area contributed by atoms with E-state index >= 15 is 0 Å². The number of alkyl halides is 1. The molecular weight excluding hydrogens is 292 g/mol. The normalized spacial score (nSPS) is 28.0. The van der Waals surface area contributed by atoms with Gasteiger partial charge in [0.05, 0.1) is 4.83 Å². The first-order valence-electron chi connectivity index (χ1n) is 6.66. The van der Waals surface area contributed by atoms with Gasteiger partial charge in [-0.2, -0.15) is 0 Å².